The zero-order chi connectivity index (χ0) is 9.68. The van der Waals surface area contributed by atoms with Crippen LogP contribution in [-0.4, -0.2) is 17.1 Å². The first-order chi connectivity index (χ1) is 6.22. The van der Waals surface area contributed by atoms with Gasteiger partial charge in [0, 0.05) is 0 Å². The highest BCUT2D eigenvalue weighted by Gasteiger charge is 2.01. The van der Waals surface area contributed by atoms with E-state index in [1.54, 1.807) is 12.1 Å². The van der Waals surface area contributed by atoms with E-state index < -0.39 is 5.91 Å². The zero-order valence-electron chi connectivity index (χ0n) is 6.73. The number of aromatic hydroxyl groups is 1. The van der Waals surface area contributed by atoms with Crippen LogP contribution in [-0.2, 0) is 16.0 Å². The third-order valence-corrected chi connectivity index (χ3v) is 1.44. The second-order valence-corrected chi connectivity index (χ2v) is 2.44. The minimum atomic E-state index is -0.569. The van der Waals surface area contributed by atoms with Gasteiger partial charge in [-0.05, 0) is 17.7 Å². The van der Waals surface area contributed by atoms with Crippen LogP contribution in [0, 0.1) is 0 Å². The van der Waals surface area contributed by atoms with E-state index >= 15 is 0 Å². The molecule has 0 saturated carbocycles. The minimum absolute atomic E-state index is 0.00361. The Morgan fingerprint density at radius 2 is 2.31 bits per heavy atom. The van der Waals surface area contributed by atoms with Crippen molar-refractivity contribution >= 4 is 12.0 Å². The molecule has 0 aliphatic carbocycles. The molecule has 1 amide bonds. The van der Waals surface area contributed by atoms with Gasteiger partial charge in [0.15, 0.2) is 0 Å². The van der Waals surface area contributed by atoms with Gasteiger partial charge in [-0.3, -0.25) is 4.79 Å². The van der Waals surface area contributed by atoms with Crippen LogP contribution in [0.5, 0.6) is 5.75 Å². The van der Waals surface area contributed by atoms with Crippen LogP contribution >= 0.6 is 0 Å². The molecule has 0 radical (unpaired) electrons. The minimum Gasteiger partial charge on any atom is -0.508 e. The number of hydrogen-bond acceptors (Lipinski definition) is 3. The van der Waals surface area contributed by atoms with Crippen molar-refractivity contribution in [2.24, 2.45) is 4.99 Å². The van der Waals surface area contributed by atoms with Gasteiger partial charge in [-0.15, -0.1) is 4.99 Å². The Balaban J connectivity index is 2.74. The maximum Gasteiger partial charge on any atom is 0.260 e. The maximum absolute atomic E-state index is 10.8. The molecule has 0 bridgehead atoms. The van der Waals surface area contributed by atoms with Gasteiger partial charge in [-0.1, -0.05) is 12.1 Å². The van der Waals surface area contributed by atoms with Crippen LogP contribution < -0.4 is 0 Å². The number of aliphatic imine (C=N–C) groups is 1. The van der Waals surface area contributed by atoms with Gasteiger partial charge in [-0.25, -0.2) is 4.79 Å². The summed E-state index contributed by atoms with van der Waals surface area (Å²) in [5.74, 6) is -0.485. The number of hydrogen-bond donors (Lipinski definition) is 1. The first kappa shape index (κ1) is 9.16. The molecule has 1 rings (SSSR count). The standard InChI is InChI=1S/C9H7NO3/c11-6-10-9(13)5-7-2-1-3-8(12)4-7/h1-4,12H,5H2. The smallest absolute Gasteiger partial charge is 0.260 e. The molecule has 1 aromatic rings. The number of amides is 1. The summed E-state index contributed by atoms with van der Waals surface area (Å²) >= 11 is 0. The molecule has 0 aromatic heterocycles. The summed E-state index contributed by atoms with van der Waals surface area (Å²) in [6.07, 6.45) is 1.17. The summed E-state index contributed by atoms with van der Waals surface area (Å²) in [6.45, 7) is 0. The van der Waals surface area contributed by atoms with E-state index in [0.29, 0.717) is 5.56 Å². The van der Waals surface area contributed by atoms with E-state index in [1.807, 2.05) is 0 Å². The molecule has 1 aromatic carbocycles. The maximum atomic E-state index is 10.8. The van der Waals surface area contributed by atoms with E-state index in [9.17, 15) is 9.59 Å². The second-order valence-electron chi connectivity index (χ2n) is 2.44. The van der Waals surface area contributed by atoms with Crippen LogP contribution in [0.4, 0.5) is 0 Å². The van der Waals surface area contributed by atoms with Crippen LogP contribution in [0.25, 0.3) is 0 Å². The van der Waals surface area contributed by atoms with Crippen molar-refractivity contribution in [2.45, 2.75) is 6.42 Å². The molecule has 0 aliphatic heterocycles. The molecule has 0 saturated heterocycles. The van der Waals surface area contributed by atoms with Gasteiger partial charge >= 0.3 is 0 Å². The summed E-state index contributed by atoms with van der Waals surface area (Å²) in [7, 11) is 0. The Morgan fingerprint density at radius 1 is 1.54 bits per heavy atom. The van der Waals surface area contributed by atoms with Crippen molar-refractivity contribution in [3.05, 3.63) is 29.8 Å². The van der Waals surface area contributed by atoms with Crippen LogP contribution in [0.2, 0.25) is 0 Å². The van der Waals surface area contributed by atoms with Gasteiger partial charge in [0.25, 0.3) is 5.91 Å². The fourth-order valence-corrected chi connectivity index (χ4v) is 0.931. The van der Waals surface area contributed by atoms with Crippen molar-refractivity contribution < 1.29 is 14.7 Å². The van der Waals surface area contributed by atoms with Gasteiger partial charge in [0.05, 0.1) is 6.42 Å². The first-order valence-electron chi connectivity index (χ1n) is 3.61. The van der Waals surface area contributed by atoms with E-state index in [1.165, 1.54) is 18.2 Å². The summed E-state index contributed by atoms with van der Waals surface area (Å²) in [5.41, 5.74) is 0.615. The molecule has 0 atom stereocenters. The molecule has 1 N–H and O–H groups in total. The Bertz CT molecular complexity index is 367. The number of carbonyl (C=O) groups excluding carboxylic acids is 2. The van der Waals surface area contributed by atoms with E-state index in [0.717, 1.165) is 0 Å². The average Bonchev–Trinajstić information content (AvgIpc) is 2.04. The van der Waals surface area contributed by atoms with Crippen molar-refractivity contribution in [1.29, 1.82) is 0 Å². The van der Waals surface area contributed by atoms with Crippen LogP contribution in [0.15, 0.2) is 29.3 Å². The monoisotopic (exact) mass is 177 g/mol. The Hall–Kier alpha value is -1.93. The van der Waals surface area contributed by atoms with Crippen molar-refractivity contribution in [3.63, 3.8) is 0 Å². The average molecular weight is 177 g/mol. The Morgan fingerprint density at radius 3 is 2.92 bits per heavy atom. The first-order valence-corrected chi connectivity index (χ1v) is 3.61. The molecular formula is C9H7NO3. The number of carbonyl (C=O) groups is 1. The third-order valence-electron chi connectivity index (χ3n) is 1.44. The van der Waals surface area contributed by atoms with Crippen molar-refractivity contribution in [1.82, 2.24) is 0 Å². The van der Waals surface area contributed by atoms with E-state index in [4.69, 9.17) is 5.11 Å². The van der Waals surface area contributed by atoms with E-state index in [2.05, 4.69) is 4.99 Å². The number of phenolic OH excluding ortho intramolecular Hbond substituents is 1. The lowest BCUT2D eigenvalue weighted by molar-refractivity contribution is -0.117. The molecule has 0 unspecified atom stereocenters. The largest absolute Gasteiger partial charge is 0.508 e. The van der Waals surface area contributed by atoms with Gasteiger partial charge in [0.2, 0.25) is 6.08 Å². The predicted molar refractivity (Wildman–Crippen MR) is 44.9 cm³/mol. The fourth-order valence-electron chi connectivity index (χ4n) is 0.931. The Kier molecular flexibility index (Phi) is 2.95. The molecule has 0 spiro atoms. The molecule has 0 heterocycles. The lowest BCUT2D eigenvalue weighted by atomic mass is 10.1. The summed E-state index contributed by atoms with van der Waals surface area (Å²) < 4.78 is 0. The summed E-state index contributed by atoms with van der Waals surface area (Å²) in [6, 6.07) is 6.22. The Labute approximate surface area is 74.5 Å². The fraction of sp³-hybridized carbons (Fsp3) is 0.111. The predicted octanol–water partition coefficient (Wildman–Crippen LogP) is 0.797. The highest BCUT2D eigenvalue weighted by molar-refractivity contribution is 5.83. The van der Waals surface area contributed by atoms with Crippen LogP contribution in [0.1, 0.15) is 5.56 Å². The van der Waals surface area contributed by atoms with Gasteiger partial charge in [0.1, 0.15) is 5.75 Å². The molecule has 4 heteroatoms. The van der Waals surface area contributed by atoms with Gasteiger partial charge in [-0.2, -0.15) is 0 Å². The number of benzene rings is 1. The molecule has 4 nitrogen and oxygen atoms in total. The summed E-state index contributed by atoms with van der Waals surface area (Å²) in [5, 5.41) is 9.04. The van der Waals surface area contributed by atoms with Crippen LogP contribution in [0.3, 0.4) is 0 Å². The molecular weight excluding hydrogens is 170 g/mol. The van der Waals surface area contributed by atoms with E-state index in [-0.39, 0.29) is 12.2 Å². The highest BCUT2D eigenvalue weighted by Crippen LogP contribution is 2.11. The SMILES string of the molecule is O=C=NC(=O)Cc1cccc(O)c1. The third kappa shape index (κ3) is 2.89. The zero-order valence-corrected chi connectivity index (χ0v) is 6.73. The molecule has 0 aliphatic rings. The second kappa shape index (κ2) is 4.18. The number of phenols is 1. The lowest BCUT2D eigenvalue weighted by Crippen LogP contribution is -1.97. The molecule has 13 heavy (non-hydrogen) atoms. The molecule has 66 valence electrons. The topological polar surface area (TPSA) is 66.7 Å². The van der Waals surface area contributed by atoms with Crippen molar-refractivity contribution in [2.75, 3.05) is 0 Å². The number of isocyanates is 1. The van der Waals surface area contributed by atoms with Crippen molar-refractivity contribution in [3.8, 4) is 5.75 Å². The number of nitrogens with zero attached hydrogens (tertiary/aromatic N) is 1. The quantitative estimate of drug-likeness (QED) is 0.536. The normalized spacial score (nSPS) is 8.92. The van der Waals surface area contributed by atoms with Gasteiger partial charge < -0.3 is 5.11 Å². The summed E-state index contributed by atoms with van der Waals surface area (Å²) in [4.78, 5) is 23.4. The lowest BCUT2D eigenvalue weighted by Gasteiger charge is -1.96. The highest BCUT2D eigenvalue weighted by atomic mass is 16.3. The number of rotatable bonds is 2. The molecule has 0 fully saturated rings.